The molecule has 1 unspecified atom stereocenters. The fourth-order valence-electron chi connectivity index (χ4n) is 8.50. The highest BCUT2D eigenvalue weighted by Crippen LogP contribution is 2.41. The van der Waals surface area contributed by atoms with Crippen molar-refractivity contribution < 1.29 is 52.2 Å². The lowest BCUT2D eigenvalue weighted by atomic mass is 9.84. The number of ether oxygens (including phenoxy) is 10. The molecule has 3 atom stereocenters. The van der Waals surface area contributed by atoms with E-state index in [1.165, 1.54) is 0 Å². The predicted molar refractivity (Wildman–Crippen MR) is 251 cm³/mol. The van der Waals surface area contributed by atoms with Crippen LogP contribution in [0.15, 0.2) is 109 Å². The normalized spacial score (nSPS) is 16.3. The first-order valence-electron chi connectivity index (χ1n) is 21.9. The van der Waals surface area contributed by atoms with E-state index in [0.717, 1.165) is 55.3 Å². The summed E-state index contributed by atoms with van der Waals surface area (Å²) in [5.41, 5.74) is 2.85. The highest BCUT2D eigenvalue weighted by atomic mass is 16.6. The molecule has 1 aliphatic rings. The summed E-state index contributed by atoms with van der Waals surface area (Å²) < 4.78 is 61.2. The second-order valence-corrected chi connectivity index (χ2v) is 16.9. The van der Waals surface area contributed by atoms with Crippen molar-refractivity contribution in [3.63, 3.8) is 0 Å². The number of hydrogen-bond donors (Lipinski definition) is 0. The SMILES string of the molecule is COc1ccccc1COCCCOc1ccc(C2[C@@H](OCc3cc(OC)c4ccccc4c3OC)CN(C(=O)OC(C)(C)C)C[C@H]2OCc2cc(OC)c3ccccc3c2OC)cc1. The molecule has 1 saturated heterocycles. The van der Waals surface area contributed by atoms with Crippen LogP contribution in [0.2, 0.25) is 0 Å². The number of carbonyl (C=O) groups is 1. The number of hydrogen-bond acceptors (Lipinski definition) is 11. The van der Waals surface area contributed by atoms with Crippen LogP contribution < -0.4 is 28.4 Å². The fourth-order valence-corrected chi connectivity index (χ4v) is 8.50. The first-order chi connectivity index (χ1) is 31.5. The molecule has 12 nitrogen and oxygen atoms in total. The molecule has 0 N–H and O–H groups in total. The van der Waals surface area contributed by atoms with Crippen LogP contribution in [0.5, 0.6) is 34.5 Å². The topological polar surface area (TPSA) is 113 Å². The summed E-state index contributed by atoms with van der Waals surface area (Å²) in [6.07, 6.45) is -0.853. The van der Waals surface area contributed by atoms with Gasteiger partial charge in [-0.05, 0) is 56.7 Å². The number of para-hydroxylation sites is 1. The Morgan fingerprint density at radius 1 is 0.569 bits per heavy atom. The van der Waals surface area contributed by atoms with Crippen LogP contribution in [0.1, 0.15) is 55.4 Å². The monoisotopic (exact) mass is 887 g/mol. The van der Waals surface area contributed by atoms with Gasteiger partial charge in [0, 0.05) is 50.6 Å². The zero-order valence-electron chi connectivity index (χ0n) is 38.7. The number of amides is 1. The van der Waals surface area contributed by atoms with Crippen molar-refractivity contribution in [1.82, 2.24) is 4.90 Å². The molecule has 1 fully saturated rings. The van der Waals surface area contributed by atoms with E-state index >= 15 is 0 Å². The van der Waals surface area contributed by atoms with E-state index in [1.54, 1.807) is 40.4 Å². The molecule has 1 aliphatic heterocycles. The highest BCUT2D eigenvalue weighted by Gasteiger charge is 2.42. The smallest absolute Gasteiger partial charge is 0.410 e. The van der Waals surface area contributed by atoms with Gasteiger partial charge in [0.15, 0.2) is 0 Å². The number of nitrogens with zero attached hydrogens (tertiary/aromatic N) is 1. The lowest BCUT2D eigenvalue weighted by Gasteiger charge is -2.44. The number of piperidine rings is 1. The van der Waals surface area contributed by atoms with E-state index in [-0.39, 0.29) is 32.2 Å². The molecule has 1 amide bonds. The minimum atomic E-state index is -0.720. The third-order valence-electron chi connectivity index (χ3n) is 11.5. The molecule has 0 aromatic heterocycles. The van der Waals surface area contributed by atoms with Gasteiger partial charge in [0.25, 0.3) is 0 Å². The maximum Gasteiger partial charge on any atom is 0.410 e. The van der Waals surface area contributed by atoms with Gasteiger partial charge in [-0.25, -0.2) is 4.79 Å². The first kappa shape index (κ1) is 46.8. The van der Waals surface area contributed by atoms with Gasteiger partial charge in [0.1, 0.15) is 40.1 Å². The first-order valence-corrected chi connectivity index (χ1v) is 21.9. The number of carbonyl (C=O) groups excluding carboxylic acids is 1. The van der Waals surface area contributed by atoms with Gasteiger partial charge in [0.05, 0.1) is 93.9 Å². The van der Waals surface area contributed by atoms with Crippen LogP contribution in [-0.2, 0) is 38.8 Å². The molecule has 0 spiro atoms. The Labute approximate surface area is 382 Å². The molecule has 65 heavy (non-hydrogen) atoms. The number of likely N-dealkylation sites (tertiary alicyclic amines) is 1. The summed E-state index contributed by atoms with van der Waals surface area (Å²) >= 11 is 0. The van der Waals surface area contributed by atoms with Crippen LogP contribution in [0, 0.1) is 0 Å². The Morgan fingerprint density at radius 2 is 1.08 bits per heavy atom. The molecule has 344 valence electrons. The number of methoxy groups -OCH3 is 5. The molecule has 0 saturated carbocycles. The third kappa shape index (κ3) is 11.2. The lowest BCUT2D eigenvalue weighted by Crippen LogP contribution is -2.55. The summed E-state index contributed by atoms with van der Waals surface area (Å²) in [7, 11) is 8.28. The van der Waals surface area contributed by atoms with Crippen LogP contribution >= 0.6 is 0 Å². The Bertz CT molecular complexity index is 2410. The molecule has 12 heteroatoms. The maximum atomic E-state index is 14.0. The predicted octanol–water partition coefficient (Wildman–Crippen LogP) is 10.5. The summed E-state index contributed by atoms with van der Waals surface area (Å²) in [5.74, 6) is 3.98. The molecule has 6 aromatic rings. The van der Waals surface area contributed by atoms with E-state index < -0.39 is 23.9 Å². The molecular formula is C53H61NO11. The second-order valence-electron chi connectivity index (χ2n) is 16.9. The van der Waals surface area contributed by atoms with Crippen molar-refractivity contribution in [2.75, 3.05) is 61.9 Å². The van der Waals surface area contributed by atoms with Gasteiger partial charge in [-0.3, -0.25) is 0 Å². The maximum absolute atomic E-state index is 14.0. The summed E-state index contributed by atoms with van der Waals surface area (Å²) in [6, 6.07) is 35.7. The van der Waals surface area contributed by atoms with Gasteiger partial charge in [0.2, 0.25) is 0 Å². The Kier molecular flexibility index (Phi) is 15.6. The zero-order chi connectivity index (χ0) is 45.9. The number of fused-ring (bicyclic) bond motifs is 2. The molecular weight excluding hydrogens is 827 g/mol. The molecule has 0 aliphatic carbocycles. The van der Waals surface area contributed by atoms with Gasteiger partial charge in [-0.2, -0.15) is 0 Å². The average Bonchev–Trinajstić information content (AvgIpc) is 3.32. The zero-order valence-corrected chi connectivity index (χ0v) is 38.7. The van der Waals surface area contributed by atoms with Crippen molar-refractivity contribution in [3.05, 3.63) is 131 Å². The van der Waals surface area contributed by atoms with Crippen molar-refractivity contribution >= 4 is 27.6 Å². The summed E-state index contributed by atoms with van der Waals surface area (Å²) in [4.78, 5) is 15.6. The molecule has 6 aromatic carbocycles. The van der Waals surface area contributed by atoms with Crippen LogP contribution in [0.4, 0.5) is 4.79 Å². The van der Waals surface area contributed by atoms with Crippen molar-refractivity contribution in [2.45, 2.75) is 70.7 Å². The van der Waals surface area contributed by atoms with Gasteiger partial charge < -0.3 is 52.3 Å². The fraction of sp³-hybridized carbons (Fsp3) is 0.377. The summed E-state index contributed by atoms with van der Waals surface area (Å²) in [6.45, 7) is 7.86. The van der Waals surface area contributed by atoms with Gasteiger partial charge >= 0.3 is 6.09 Å². The Hall–Kier alpha value is -6.21. The second kappa shape index (κ2) is 21.6. The number of rotatable bonds is 19. The van der Waals surface area contributed by atoms with E-state index in [2.05, 4.69) is 0 Å². The lowest BCUT2D eigenvalue weighted by molar-refractivity contribution is -0.100. The quantitative estimate of drug-likeness (QED) is 0.0725. The van der Waals surface area contributed by atoms with Gasteiger partial charge in [-0.15, -0.1) is 0 Å². The van der Waals surface area contributed by atoms with Gasteiger partial charge in [-0.1, -0.05) is 78.9 Å². The minimum Gasteiger partial charge on any atom is -0.496 e. The minimum absolute atomic E-state index is 0.163. The standard InChI is InChI=1S/C53H61NO11/c1-53(2,3)65-52(55)54-30-47(63-33-37-28-45(57-5)40-17-10-12-19-42(40)50(37)59-7)49(48(31-54)64-34-38-29-46(58-6)41-18-11-13-20-43(41)51(38)60-8)35-22-24-39(25-23-35)62-27-15-26-61-32-36-16-9-14-21-44(36)56-4/h9-14,16-25,28-29,47-49H,15,26-27,30-34H2,1-8H3/t47-,48+,49?. The van der Waals surface area contributed by atoms with E-state index in [9.17, 15) is 4.79 Å². The Balaban J connectivity index is 1.18. The largest absolute Gasteiger partial charge is 0.496 e. The molecule has 1 heterocycles. The average molecular weight is 888 g/mol. The van der Waals surface area contributed by atoms with Crippen LogP contribution in [0.3, 0.4) is 0 Å². The highest BCUT2D eigenvalue weighted by molar-refractivity contribution is 5.95. The van der Waals surface area contributed by atoms with E-state index in [4.69, 9.17) is 47.4 Å². The Morgan fingerprint density at radius 3 is 1.58 bits per heavy atom. The van der Waals surface area contributed by atoms with Crippen molar-refractivity contribution in [3.8, 4) is 34.5 Å². The molecule has 0 radical (unpaired) electrons. The third-order valence-corrected chi connectivity index (χ3v) is 11.5. The number of benzene rings is 6. The molecule has 7 rings (SSSR count). The summed E-state index contributed by atoms with van der Waals surface area (Å²) in [5, 5.41) is 3.67. The van der Waals surface area contributed by atoms with Crippen molar-refractivity contribution in [2.24, 2.45) is 0 Å². The van der Waals surface area contributed by atoms with Crippen molar-refractivity contribution in [1.29, 1.82) is 0 Å². The van der Waals surface area contributed by atoms with E-state index in [1.807, 2.05) is 130 Å². The van der Waals surface area contributed by atoms with Crippen LogP contribution in [-0.4, -0.2) is 90.7 Å². The van der Waals surface area contributed by atoms with Crippen LogP contribution in [0.25, 0.3) is 21.5 Å². The molecule has 0 bridgehead atoms. The van der Waals surface area contributed by atoms with E-state index in [0.29, 0.717) is 49.2 Å².